The summed E-state index contributed by atoms with van der Waals surface area (Å²) in [6.45, 7) is 3.51. The molecule has 150 valence electrons. The lowest BCUT2D eigenvalue weighted by Gasteiger charge is -2.38. The quantitative estimate of drug-likeness (QED) is 0.778. The number of likely N-dealkylation sites (tertiary alicyclic amines) is 1. The van der Waals surface area contributed by atoms with Crippen LogP contribution in [0.2, 0.25) is 0 Å². The van der Waals surface area contributed by atoms with Crippen molar-refractivity contribution in [3.63, 3.8) is 0 Å². The predicted octanol–water partition coefficient (Wildman–Crippen LogP) is 4.15. The highest BCUT2D eigenvalue weighted by molar-refractivity contribution is 5.70. The van der Waals surface area contributed by atoms with Crippen LogP contribution in [0.3, 0.4) is 0 Å². The van der Waals surface area contributed by atoms with Gasteiger partial charge in [0, 0.05) is 12.1 Å². The average molecular weight is 383 g/mol. The lowest BCUT2D eigenvalue weighted by Crippen LogP contribution is -2.41. The van der Waals surface area contributed by atoms with E-state index in [9.17, 15) is 9.90 Å². The van der Waals surface area contributed by atoms with Gasteiger partial charge in [0.25, 0.3) is 0 Å². The number of piperidine rings is 1. The van der Waals surface area contributed by atoms with Crippen molar-refractivity contribution in [3.05, 3.63) is 59.2 Å². The van der Waals surface area contributed by atoms with Crippen molar-refractivity contribution in [2.75, 3.05) is 27.3 Å². The van der Waals surface area contributed by atoms with Crippen molar-refractivity contribution in [2.24, 2.45) is 5.92 Å². The molecular formula is C23H29NO4. The summed E-state index contributed by atoms with van der Waals surface area (Å²) < 4.78 is 11.1. The normalized spacial score (nSPS) is 18.5. The smallest absolute Gasteiger partial charge is 0.307 e. The summed E-state index contributed by atoms with van der Waals surface area (Å²) in [5.74, 6) is 0.478. The fraction of sp³-hybridized carbons (Fsp3) is 0.435. The van der Waals surface area contributed by atoms with E-state index in [0.29, 0.717) is 6.54 Å². The number of methoxy groups -OCH3 is 2. The molecule has 1 N–H and O–H groups in total. The molecule has 0 aliphatic carbocycles. The summed E-state index contributed by atoms with van der Waals surface area (Å²) in [5, 5.41) is 9.56. The van der Waals surface area contributed by atoms with Crippen LogP contribution in [0.5, 0.6) is 11.5 Å². The molecule has 0 aromatic heterocycles. The van der Waals surface area contributed by atoms with Crippen LogP contribution in [-0.4, -0.2) is 43.3 Å². The van der Waals surface area contributed by atoms with Gasteiger partial charge in [-0.25, -0.2) is 0 Å². The SMILES string of the molecule is CCc1ccc(C(c2cc(OC)ccc2OC)N2CCCC(C(=O)O)C2)cc1. The number of carbonyl (C=O) groups is 1. The lowest BCUT2D eigenvalue weighted by molar-refractivity contribution is -0.143. The first-order valence-corrected chi connectivity index (χ1v) is 9.85. The van der Waals surface area contributed by atoms with Gasteiger partial charge >= 0.3 is 5.97 Å². The van der Waals surface area contributed by atoms with E-state index < -0.39 is 5.97 Å². The second-order valence-corrected chi connectivity index (χ2v) is 7.28. The van der Waals surface area contributed by atoms with E-state index in [1.54, 1.807) is 14.2 Å². The maximum absolute atomic E-state index is 11.6. The first kappa shape index (κ1) is 20.2. The molecule has 1 aliphatic rings. The van der Waals surface area contributed by atoms with Gasteiger partial charge in [-0.05, 0) is 55.1 Å². The molecule has 1 heterocycles. The summed E-state index contributed by atoms with van der Waals surface area (Å²) in [5.41, 5.74) is 3.41. The molecule has 2 aromatic rings. The number of ether oxygens (including phenoxy) is 2. The zero-order chi connectivity index (χ0) is 20.1. The summed E-state index contributed by atoms with van der Waals surface area (Å²) in [6.07, 6.45) is 2.58. The van der Waals surface area contributed by atoms with E-state index in [4.69, 9.17) is 9.47 Å². The molecule has 5 heteroatoms. The Morgan fingerprint density at radius 2 is 1.93 bits per heavy atom. The topological polar surface area (TPSA) is 59.0 Å². The van der Waals surface area contributed by atoms with E-state index in [-0.39, 0.29) is 12.0 Å². The molecule has 1 fully saturated rings. The van der Waals surface area contributed by atoms with Crippen molar-refractivity contribution in [2.45, 2.75) is 32.2 Å². The molecule has 3 rings (SSSR count). The van der Waals surface area contributed by atoms with E-state index in [0.717, 1.165) is 48.4 Å². The zero-order valence-corrected chi connectivity index (χ0v) is 16.9. The van der Waals surface area contributed by atoms with Crippen LogP contribution in [0.4, 0.5) is 0 Å². The summed E-state index contributed by atoms with van der Waals surface area (Å²) in [7, 11) is 3.32. The second kappa shape index (κ2) is 9.11. The molecule has 2 unspecified atom stereocenters. The molecule has 1 aliphatic heterocycles. The Kier molecular flexibility index (Phi) is 6.57. The van der Waals surface area contributed by atoms with Crippen LogP contribution in [0, 0.1) is 5.92 Å². The molecule has 1 saturated heterocycles. The molecule has 0 bridgehead atoms. The van der Waals surface area contributed by atoms with Gasteiger partial charge in [0.15, 0.2) is 0 Å². The number of rotatable bonds is 7. The van der Waals surface area contributed by atoms with Crippen LogP contribution < -0.4 is 9.47 Å². The Balaban J connectivity index is 2.07. The maximum Gasteiger partial charge on any atom is 0.307 e. The fourth-order valence-electron chi connectivity index (χ4n) is 4.02. The summed E-state index contributed by atoms with van der Waals surface area (Å²) in [6, 6.07) is 14.3. The Morgan fingerprint density at radius 1 is 1.18 bits per heavy atom. The number of carboxylic acid groups (broad SMARTS) is 1. The molecule has 28 heavy (non-hydrogen) atoms. The molecule has 0 radical (unpaired) electrons. The van der Waals surface area contributed by atoms with Gasteiger partial charge in [-0.1, -0.05) is 31.2 Å². The number of hydrogen-bond donors (Lipinski definition) is 1. The van der Waals surface area contributed by atoms with Gasteiger partial charge in [0.05, 0.1) is 26.2 Å². The maximum atomic E-state index is 11.6. The highest BCUT2D eigenvalue weighted by Gasteiger charge is 2.32. The van der Waals surface area contributed by atoms with Crippen LogP contribution >= 0.6 is 0 Å². The van der Waals surface area contributed by atoms with Crippen LogP contribution in [0.1, 0.15) is 42.5 Å². The number of benzene rings is 2. The van der Waals surface area contributed by atoms with Crippen molar-refractivity contribution < 1.29 is 19.4 Å². The van der Waals surface area contributed by atoms with Crippen LogP contribution in [0.15, 0.2) is 42.5 Å². The van der Waals surface area contributed by atoms with Gasteiger partial charge in [-0.3, -0.25) is 9.69 Å². The predicted molar refractivity (Wildman–Crippen MR) is 109 cm³/mol. The van der Waals surface area contributed by atoms with Crippen LogP contribution in [0.25, 0.3) is 0 Å². The van der Waals surface area contributed by atoms with Gasteiger partial charge in [-0.2, -0.15) is 0 Å². The van der Waals surface area contributed by atoms with Crippen molar-refractivity contribution in [3.8, 4) is 11.5 Å². The number of aryl methyl sites for hydroxylation is 1. The van der Waals surface area contributed by atoms with E-state index in [1.807, 2.05) is 18.2 Å². The zero-order valence-electron chi connectivity index (χ0n) is 16.9. The fourth-order valence-corrected chi connectivity index (χ4v) is 4.02. The molecule has 0 spiro atoms. The summed E-state index contributed by atoms with van der Waals surface area (Å²) >= 11 is 0. The molecule has 5 nitrogen and oxygen atoms in total. The van der Waals surface area contributed by atoms with Crippen molar-refractivity contribution in [1.29, 1.82) is 0 Å². The van der Waals surface area contributed by atoms with E-state index >= 15 is 0 Å². The number of hydrogen-bond acceptors (Lipinski definition) is 4. The third-order valence-corrected chi connectivity index (χ3v) is 5.60. The first-order chi connectivity index (χ1) is 13.6. The largest absolute Gasteiger partial charge is 0.497 e. The minimum atomic E-state index is -0.720. The average Bonchev–Trinajstić information content (AvgIpc) is 2.74. The van der Waals surface area contributed by atoms with Gasteiger partial charge in [0.1, 0.15) is 11.5 Å². The number of nitrogens with zero attached hydrogens (tertiary/aromatic N) is 1. The minimum absolute atomic E-state index is 0.0851. The molecule has 2 atom stereocenters. The third kappa shape index (κ3) is 4.30. The Labute approximate surface area is 166 Å². The second-order valence-electron chi connectivity index (χ2n) is 7.28. The molecule has 2 aromatic carbocycles. The van der Waals surface area contributed by atoms with Crippen molar-refractivity contribution >= 4 is 5.97 Å². The van der Waals surface area contributed by atoms with Gasteiger partial charge in [0.2, 0.25) is 0 Å². The standard InChI is InChI=1S/C23H29NO4/c1-4-16-7-9-17(10-8-16)22(24-13-5-6-18(15-24)23(25)26)20-14-19(27-2)11-12-21(20)28-3/h7-12,14,18,22H,4-6,13,15H2,1-3H3,(H,25,26). The van der Waals surface area contributed by atoms with Crippen LogP contribution in [-0.2, 0) is 11.2 Å². The van der Waals surface area contributed by atoms with Crippen molar-refractivity contribution in [1.82, 2.24) is 4.90 Å². The Bertz CT molecular complexity index is 803. The van der Waals surface area contributed by atoms with E-state index in [2.05, 4.69) is 36.1 Å². The number of carboxylic acids is 1. The monoisotopic (exact) mass is 383 g/mol. The molecular weight excluding hydrogens is 354 g/mol. The van der Waals surface area contributed by atoms with E-state index in [1.165, 1.54) is 5.56 Å². The van der Waals surface area contributed by atoms with Gasteiger partial charge in [-0.15, -0.1) is 0 Å². The minimum Gasteiger partial charge on any atom is -0.497 e. The van der Waals surface area contributed by atoms with Gasteiger partial charge < -0.3 is 14.6 Å². The molecule has 0 amide bonds. The third-order valence-electron chi connectivity index (χ3n) is 5.60. The Morgan fingerprint density at radius 3 is 2.54 bits per heavy atom. The lowest BCUT2D eigenvalue weighted by atomic mass is 9.90. The highest BCUT2D eigenvalue weighted by atomic mass is 16.5. The first-order valence-electron chi connectivity index (χ1n) is 9.85. The molecule has 0 saturated carbocycles. The number of aliphatic carboxylic acids is 1. The highest BCUT2D eigenvalue weighted by Crippen LogP contribution is 2.39. The Hall–Kier alpha value is -2.53. The summed E-state index contributed by atoms with van der Waals surface area (Å²) in [4.78, 5) is 13.9.